The van der Waals surface area contributed by atoms with Crippen LogP contribution in [0.4, 0.5) is 0 Å². The summed E-state index contributed by atoms with van der Waals surface area (Å²) in [5.41, 5.74) is 0. The fraction of sp³-hybridized carbons (Fsp3) is 0.462. The number of hydrogen-bond acceptors (Lipinski definition) is 4. The summed E-state index contributed by atoms with van der Waals surface area (Å²) in [7, 11) is -2.48. The number of carbonyl (C=O) groups is 1. The van der Waals surface area contributed by atoms with Crippen LogP contribution in [0.2, 0.25) is 0 Å². The second-order valence-corrected chi connectivity index (χ2v) is 7.49. The molecule has 118 valence electrons. The highest BCUT2D eigenvalue weighted by Crippen LogP contribution is 2.27. The number of carboxylic acid groups (broad SMARTS) is 1. The lowest BCUT2D eigenvalue weighted by atomic mass is 9.97. The van der Waals surface area contributed by atoms with Crippen LogP contribution in [0.1, 0.15) is 13.8 Å². The van der Waals surface area contributed by atoms with Gasteiger partial charge in [-0.1, -0.05) is 29.8 Å². The third kappa shape index (κ3) is 4.69. The van der Waals surface area contributed by atoms with Crippen LogP contribution in [0.15, 0.2) is 27.6 Å². The zero-order valence-electron chi connectivity index (χ0n) is 12.0. The van der Waals surface area contributed by atoms with Crippen molar-refractivity contribution in [1.82, 2.24) is 4.72 Å². The smallest absolute Gasteiger partial charge is 0.308 e. The van der Waals surface area contributed by atoms with Crippen LogP contribution in [0.3, 0.4) is 0 Å². The Kier molecular flexibility index (Phi) is 6.18. The van der Waals surface area contributed by atoms with Crippen molar-refractivity contribution in [2.75, 3.05) is 13.7 Å². The minimum Gasteiger partial charge on any atom is -0.495 e. The maximum atomic E-state index is 12.3. The van der Waals surface area contributed by atoms with Gasteiger partial charge in [-0.05, 0) is 24.1 Å². The summed E-state index contributed by atoms with van der Waals surface area (Å²) in [6, 6.07) is 4.59. The lowest BCUT2D eigenvalue weighted by Gasteiger charge is -2.17. The molecule has 21 heavy (non-hydrogen) atoms. The van der Waals surface area contributed by atoms with Crippen LogP contribution in [0, 0.1) is 11.8 Å². The van der Waals surface area contributed by atoms with Crippen molar-refractivity contribution in [2.45, 2.75) is 18.7 Å². The lowest BCUT2D eigenvalue weighted by molar-refractivity contribution is -0.142. The summed E-state index contributed by atoms with van der Waals surface area (Å²) in [4.78, 5) is 11.1. The highest BCUT2D eigenvalue weighted by Gasteiger charge is 2.26. The zero-order chi connectivity index (χ0) is 16.2. The van der Waals surface area contributed by atoms with Crippen molar-refractivity contribution in [3.63, 3.8) is 0 Å². The van der Waals surface area contributed by atoms with Crippen molar-refractivity contribution in [1.29, 1.82) is 0 Å². The van der Waals surface area contributed by atoms with Crippen LogP contribution in [0.25, 0.3) is 0 Å². The van der Waals surface area contributed by atoms with E-state index in [4.69, 9.17) is 9.84 Å². The SMILES string of the molecule is COc1ccc(Br)cc1S(=O)(=O)NCC(C(=O)O)C(C)C. The summed E-state index contributed by atoms with van der Waals surface area (Å²) >= 11 is 3.20. The van der Waals surface area contributed by atoms with Gasteiger partial charge in [-0.15, -0.1) is 0 Å². The van der Waals surface area contributed by atoms with Gasteiger partial charge in [-0.3, -0.25) is 4.79 Å². The molecule has 0 spiro atoms. The van der Waals surface area contributed by atoms with E-state index in [-0.39, 0.29) is 23.1 Å². The van der Waals surface area contributed by atoms with Crippen molar-refractivity contribution in [3.05, 3.63) is 22.7 Å². The van der Waals surface area contributed by atoms with E-state index in [0.29, 0.717) is 4.47 Å². The van der Waals surface area contributed by atoms with Crippen LogP contribution >= 0.6 is 15.9 Å². The third-order valence-electron chi connectivity index (χ3n) is 3.03. The van der Waals surface area contributed by atoms with E-state index in [1.807, 2.05) is 0 Å². The zero-order valence-corrected chi connectivity index (χ0v) is 14.4. The van der Waals surface area contributed by atoms with Gasteiger partial charge in [0.05, 0.1) is 13.0 Å². The Morgan fingerprint density at radius 3 is 2.52 bits per heavy atom. The first kappa shape index (κ1) is 17.9. The van der Waals surface area contributed by atoms with Gasteiger partial charge in [0.15, 0.2) is 0 Å². The van der Waals surface area contributed by atoms with E-state index >= 15 is 0 Å². The molecule has 1 rings (SSSR count). The number of aliphatic carboxylic acids is 1. The van der Waals surface area contributed by atoms with Crippen LogP contribution in [-0.2, 0) is 14.8 Å². The Labute approximate surface area is 132 Å². The Hall–Kier alpha value is -1.12. The maximum absolute atomic E-state index is 12.3. The molecule has 0 aliphatic rings. The molecule has 0 radical (unpaired) electrons. The van der Waals surface area contributed by atoms with Crippen molar-refractivity contribution < 1.29 is 23.1 Å². The fourth-order valence-corrected chi connectivity index (χ4v) is 3.51. The Bertz CT molecular complexity index is 615. The highest BCUT2D eigenvalue weighted by molar-refractivity contribution is 9.10. The molecular formula is C13H18BrNO5S. The molecule has 1 atom stereocenters. The molecular weight excluding hydrogens is 362 g/mol. The van der Waals surface area contributed by atoms with Gasteiger partial charge in [-0.25, -0.2) is 13.1 Å². The summed E-state index contributed by atoms with van der Waals surface area (Å²) in [6.07, 6.45) is 0. The molecule has 0 aliphatic carbocycles. The average molecular weight is 380 g/mol. The predicted molar refractivity (Wildman–Crippen MR) is 81.8 cm³/mol. The first-order valence-corrected chi connectivity index (χ1v) is 8.52. The second-order valence-electron chi connectivity index (χ2n) is 4.84. The minimum atomic E-state index is -3.86. The fourth-order valence-electron chi connectivity index (χ4n) is 1.75. The van der Waals surface area contributed by atoms with Gasteiger partial charge in [0.1, 0.15) is 10.6 Å². The van der Waals surface area contributed by atoms with Gasteiger partial charge < -0.3 is 9.84 Å². The molecule has 0 aliphatic heterocycles. The van der Waals surface area contributed by atoms with Crippen molar-refractivity contribution in [3.8, 4) is 5.75 Å². The molecule has 0 bridgehead atoms. The topological polar surface area (TPSA) is 92.7 Å². The van der Waals surface area contributed by atoms with Gasteiger partial charge in [0.2, 0.25) is 10.0 Å². The number of sulfonamides is 1. The number of methoxy groups -OCH3 is 1. The lowest BCUT2D eigenvalue weighted by Crippen LogP contribution is -2.35. The second kappa shape index (κ2) is 7.24. The highest BCUT2D eigenvalue weighted by atomic mass is 79.9. The van der Waals surface area contributed by atoms with E-state index in [2.05, 4.69) is 20.7 Å². The summed E-state index contributed by atoms with van der Waals surface area (Å²) in [5, 5.41) is 9.09. The minimum absolute atomic E-state index is 0.0349. The molecule has 0 saturated carbocycles. The normalized spacial score (nSPS) is 13.2. The number of hydrogen-bond donors (Lipinski definition) is 2. The summed E-state index contributed by atoms with van der Waals surface area (Å²) in [5.74, 6) is -1.82. The van der Waals surface area contributed by atoms with Gasteiger partial charge in [0.25, 0.3) is 0 Å². The van der Waals surface area contributed by atoms with E-state index in [9.17, 15) is 13.2 Å². The molecule has 0 fully saturated rings. The number of rotatable bonds is 7. The third-order valence-corrected chi connectivity index (χ3v) is 4.97. The molecule has 1 aromatic carbocycles. The number of benzene rings is 1. The molecule has 0 saturated heterocycles. The number of carboxylic acids is 1. The monoisotopic (exact) mass is 379 g/mol. The molecule has 0 heterocycles. The molecule has 0 amide bonds. The predicted octanol–water partition coefficient (Wildman–Crippen LogP) is 2.09. The van der Waals surface area contributed by atoms with Crippen LogP contribution in [0.5, 0.6) is 5.75 Å². The van der Waals surface area contributed by atoms with E-state index in [0.717, 1.165) is 0 Å². The molecule has 2 N–H and O–H groups in total. The van der Waals surface area contributed by atoms with Gasteiger partial charge in [-0.2, -0.15) is 0 Å². The van der Waals surface area contributed by atoms with Crippen LogP contribution < -0.4 is 9.46 Å². The summed E-state index contributed by atoms with van der Waals surface area (Å²) < 4.78 is 32.6. The molecule has 1 unspecified atom stereocenters. The quantitative estimate of drug-likeness (QED) is 0.756. The Balaban J connectivity index is 3.02. The summed E-state index contributed by atoms with van der Waals surface area (Å²) in [6.45, 7) is 3.28. The van der Waals surface area contributed by atoms with Gasteiger partial charge in [0, 0.05) is 11.0 Å². The first-order valence-electron chi connectivity index (χ1n) is 6.25. The average Bonchev–Trinajstić information content (AvgIpc) is 2.37. The van der Waals surface area contributed by atoms with E-state index in [1.54, 1.807) is 19.9 Å². The number of halogens is 1. The first-order chi connectivity index (χ1) is 9.69. The molecule has 6 nitrogen and oxygen atoms in total. The van der Waals surface area contributed by atoms with Gasteiger partial charge >= 0.3 is 5.97 Å². The maximum Gasteiger partial charge on any atom is 0.308 e. The van der Waals surface area contributed by atoms with Crippen molar-refractivity contribution in [2.24, 2.45) is 11.8 Å². The Morgan fingerprint density at radius 1 is 1.43 bits per heavy atom. The molecule has 1 aromatic rings. The largest absolute Gasteiger partial charge is 0.495 e. The Morgan fingerprint density at radius 2 is 2.05 bits per heavy atom. The standard InChI is InChI=1S/C13H18BrNO5S/c1-8(2)10(13(16)17)7-15-21(18,19)12-6-9(14)4-5-11(12)20-3/h4-6,8,10,15H,7H2,1-3H3,(H,16,17). The van der Waals surface area contributed by atoms with E-state index in [1.165, 1.54) is 19.2 Å². The number of nitrogens with one attached hydrogen (secondary N) is 1. The van der Waals surface area contributed by atoms with E-state index < -0.39 is 21.9 Å². The molecule has 8 heteroatoms. The van der Waals surface area contributed by atoms with Crippen molar-refractivity contribution >= 4 is 31.9 Å². The number of ether oxygens (including phenoxy) is 1. The molecule has 0 aromatic heterocycles. The van der Waals surface area contributed by atoms with Crippen LogP contribution in [-0.4, -0.2) is 33.1 Å².